The van der Waals surface area contributed by atoms with Gasteiger partial charge in [-0.1, -0.05) is 0 Å². The molecule has 0 aliphatic heterocycles. The summed E-state index contributed by atoms with van der Waals surface area (Å²) in [6.45, 7) is 1.65. The second-order valence-electron chi connectivity index (χ2n) is 3.09. The normalized spacial score (nSPS) is 10.8. The lowest BCUT2D eigenvalue weighted by Crippen LogP contribution is -2.10. The number of halogens is 3. The van der Waals surface area contributed by atoms with Gasteiger partial charge >= 0.3 is 12.1 Å². The van der Waals surface area contributed by atoms with Gasteiger partial charge in [-0.2, -0.15) is 18.4 Å². The lowest BCUT2D eigenvalue weighted by atomic mass is 10.0. The van der Waals surface area contributed by atoms with E-state index in [1.807, 2.05) is 0 Å². The second-order valence-corrected chi connectivity index (χ2v) is 3.09. The van der Waals surface area contributed by atoms with E-state index in [0.717, 1.165) is 12.1 Å². The topological polar surface area (TPSA) is 50.1 Å². The van der Waals surface area contributed by atoms with Gasteiger partial charge in [0.25, 0.3) is 0 Å². The van der Waals surface area contributed by atoms with Gasteiger partial charge in [0, 0.05) is 0 Å². The summed E-state index contributed by atoms with van der Waals surface area (Å²) in [5, 5.41) is 8.70. The molecule has 0 saturated carbocycles. The SMILES string of the molecule is CCOC(=O)c1ccc(C(F)(F)F)cc1C#N. The third kappa shape index (κ3) is 2.97. The minimum Gasteiger partial charge on any atom is -0.462 e. The van der Waals surface area contributed by atoms with Gasteiger partial charge in [-0.15, -0.1) is 0 Å². The molecular weight excluding hydrogens is 235 g/mol. The lowest BCUT2D eigenvalue weighted by Gasteiger charge is -2.09. The number of benzene rings is 1. The number of hydrogen-bond donors (Lipinski definition) is 0. The molecule has 0 radical (unpaired) electrons. The molecule has 0 atom stereocenters. The van der Waals surface area contributed by atoms with E-state index in [1.54, 1.807) is 13.0 Å². The zero-order valence-corrected chi connectivity index (χ0v) is 8.84. The molecule has 17 heavy (non-hydrogen) atoms. The summed E-state index contributed by atoms with van der Waals surface area (Å²) in [4.78, 5) is 11.3. The van der Waals surface area contributed by atoms with Crippen molar-refractivity contribution in [3.05, 3.63) is 34.9 Å². The first-order valence-corrected chi connectivity index (χ1v) is 4.68. The van der Waals surface area contributed by atoms with Crippen molar-refractivity contribution in [3.63, 3.8) is 0 Å². The van der Waals surface area contributed by atoms with Gasteiger partial charge in [0.15, 0.2) is 0 Å². The molecule has 0 unspecified atom stereocenters. The van der Waals surface area contributed by atoms with Crippen molar-refractivity contribution in [2.24, 2.45) is 0 Å². The molecular formula is C11H8F3NO2. The van der Waals surface area contributed by atoms with E-state index in [1.165, 1.54) is 0 Å². The summed E-state index contributed by atoms with van der Waals surface area (Å²) < 4.78 is 41.7. The van der Waals surface area contributed by atoms with Gasteiger partial charge in [-0.3, -0.25) is 0 Å². The van der Waals surface area contributed by atoms with Crippen LogP contribution in [0.3, 0.4) is 0 Å². The average Bonchev–Trinajstić information content (AvgIpc) is 2.27. The molecule has 1 aromatic rings. The monoisotopic (exact) mass is 243 g/mol. The first-order chi connectivity index (χ1) is 7.90. The van der Waals surface area contributed by atoms with Crippen molar-refractivity contribution in [3.8, 4) is 6.07 Å². The van der Waals surface area contributed by atoms with Crippen LogP contribution in [0.2, 0.25) is 0 Å². The number of nitriles is 1. The lowest BCUT2D eigenvalue weighted by molar-refractivity contribution is -0.137. The Bertz CT molecular complexity index is 475. The highest BCUT2D eigenvalue weighted by Gasteiger charge is 2.31. The number of alkyl halides is 3. The van der Waals surface area contributed by atoms with Crippen LogP contribution in [0.15, 0.2) is 18.2 Å². The molecule has 0 aliphatic rings. The van der Waals surface area contributed by atoms with Crippen LogP contribution >= 0.6 is 0 Å². The fraction of sp³-hybridized carbons (Fsp3) is 0.273. The maximum Gasteiger partial charge on any atom is 0.416 e. The summed E-state index contributed by atoms with van der Waals surface area (Å²) in [6, 6.07) is 3.86. The Hall–Kier alpha value is -2.03. The van der Waals surface area contributed by atoms with E-state index in [2.05, 4.69) is 4.74 Å². The van der Waals surface area contributed by atoms with Crippen LogP contribution in [0.25, 0.3) is 0 Å². The fourth-order valence-electron chi connectivity index (χ4n) is 1.20. The van der Waals surface area contributed by atoms with Gasteiger partial charge in [0.1, 0.15) is 6.07 Å². The number of ether oxygens (including phenoxy) is 1. The van der Waals surface area contributed by atoms with Crippen molar-refractivity contribution in [2.45, 2.75) is 13.1 Å². The number of rotatable bonds is 2. The van der Waals surface area contributed by atoms with E-state index in [0.29, 0.717) is 6.07 Å². The van der Waals surface area contributed by atoms with Gasteiger partial charge in [0.2, 0.25) is 0 Å². The largest absolute Gasteiger partial charge is 0.462 e. The maximum atomic E-state index is 12.4. The number of carbonyl (C=O) groups excluding carboxylic acids is 1. The molecule has 0 amide bonds. The first-order valence-electron chi connectivity index (χ1n) is 4.68. The molecule has 0 saturated heterocycles. The summed E-state index contributed by atoms with van der Waals surface area (Å²) in [5.41, 5.74) is -1.48. The molecule has 0 spiro atoms. The second kappa shape index (κ2) is 4.87. The predicted octanol–water partition coefficient (Wildman–Crippen LogP) is 2.75. The average molecular weight is 243 g/mol. The molecule has 1 aromatic carbocycles. The Labute approximate surface area is 95.4 Å². The Balaban J connectivity index is 3.20. The number of hydrogen-bond acceptors (Lipinski definition) is 3. The third-order valence-corrected chi connectivity index (χ3v) is 1.96. The van der Waals surface area contributed by atoms with Crippen molar-refractivity contribution in [1.29, 1.82) is 5.26 Å². The zero-order chi connectivity index (χ0) is 13.1. The molecule has 3 nitrogen and oxygen atoms in total. The van der Waals surface area contributed by atoms with Crippen LogP contribution in [0.1, 0.15) is 28.4 Å². The van der Waals surface area contributed by atoms with E-state index in [9.17, 15) is 18.0 Å². The maximum absolute atomic E-state index is 12.4. The molecule has 90 valence electrons. The van der Waals surface area contributed by atoms with Gasteiger partial charge in [-0.05, 0) is 25.1 Å². The molecule has 0 fully saturated rings. The Morgan fingerprint density at radius 3 is 2.59 bits per heavy atom. The van der Waals surface area contributed by atoms with Crippen molar-refractivity contribution in [2.75, 3.05) is 6.61 Å². The van der Waals surface area contributed by atoms with E-state index >= 15 is 0 Å². The minimum atomic E-state index is -4.54. The number of nitrogens with zero attached hydrogens (tertiary/aromatic N) is 1. The van der Waals surface area contributed by atoms with Crippen molar-refractivity contribution in [1.82, 2.24) is 0 Å². The molecule has 0 bridgehead atoms. The highest BCUT2D eigenvalue weighted by Crippen LogP contribution is 2.30. The molecule has 1 rings (SSSR count). The predicted molar refractivity (Wildman–Crippen MR) is 52.1 cm³/mol. The molecule has 0 aliphatic carbocycles. The van der Waals surface area contributed by atoms with Crippen LogP contribution in [0.5, 0.6) is 0 Å². The summed E-state index contributed by atoms with van der Waals surface area (Å²) >= 11 is 0. The van der Waals surface area contributed by atoms with Crippen LogP contribution in [-0.4, -0.2) is 12.6 Å². The highest BCUT2D eigenvalue weighted by atomic mass is 19.4. The first kappa shape index (κ1) is 13.0. The van der Waals surface area contributed by atoms with Gasteiger partial charge in [-0.25, -0.2) is 4.79 Å². The van der Waals surface area contributed by atoms with Crippen LogP contribution in [-0.2, 0) is 10.9 Å². The molecule has 6 heteroatoms. The number of carbonyl (C=O) groups is 1. The Morgan fingerprint density at radius 2 is 2.12 bits per heavy atom. The van der Waals surface area contributed by atoms with Crippen LogP contribution < -0.4 is 0 Å². The van der Waals surface area contributed by atoms with E-state index in [-0.39, 0.29) is 17.7 Å². The van der Waals surface area contributed by atoms with Crippen LogP contribution in [0.4, 0.5) is 13.2 Å². The third-order valence-electron chi connectivity index (χ3n) is 1.96. The zero-order valence-electron chi connectivity index (χ0n) is 8.84. The van der Waals surface area contributed by atoms with Crippen LogP contribution in [0, 0.1) is 11.3 Å². The fourth-order valence-corrected chi connectivity index (χ4v) is 1.20. The van der Waals surface area contributed by atoms with Crippen molar-refractivity contribution >= 4 is 5.97 Å². The summed E-state index contributed by atoms with van der Waals surface area (Å²) in [5.74, 6) is -0.808. The van der Waals surface area contributed by atoms with Gasteiger partial charge in [0.05, 0.1) is 23.3 Å². The summed E-state index contributed by atoms with van der Waals surface area (Å²) in [6.07, 6.45) is -4.54. The standard InChI is InChI=1S/C11H8F3NO2/c1-2-17-10(16)9-4-3-8(11(12,13)14)5-7(9)6-15/h3-5H,2H2,1H3. The Morgan fingerprint density at radius 1 is 1.47 bits per heavy atom. The minimum absolute atomic E-state index is 0.0880. The Kier molecular flexibility index (Phi) is 3.73. The molecule has 0 N–H and O–H groups in total. The highest BCUT2D eigenvalue weighted by molar-refractivity contribution is 5.92. The molecule has 0 aromatic heterocycles. The summed E-state index contributed by atoms with van der Waals surface area (Å²) in [7, 11) is 0. The number of esters is 1. The van der Waals surface area contributed by atoms with E-state index < -0.39 is 17.7 Å². The quantitative estimate of drug-likeness (QED) is 0.750. The molecule has 0 heterocycles. The van der Waals surface area contributed by atoms with Crippen molar-refractivity contribution < 1.29 is 22.7 Å². The van der Waals surface area contributed by atoms with Gasteiger partial charge < -0.3 is 4.74 Å². The van der Waals surface area contributed by atoms with E-state index in [4.69, 9.17) is 5.26 Å². The smallest absolute Gasteiger partial charge is 0.416 e.